The van der Waals surface area contributed by atoms with Gasteiger partial charge in [0.2, 0.25) is 0 Å². The first kappa shape index (κ1) is 50.2. The normalized spacial score (nSPS) is 12.9. The second-order valence-corrected chi connectivity index (χ2v) is 25.7. The minimum absolute atomic E-state index is 0.0312. The van der Waals surface area contributed by atoms with Crippen molar-refractivity contribution >= 4 is 32.8 Å². The van der Waals surface area contributed by atoms with E-state index in [9.17, 15) is 5.11 Å². The highest BCUT2D eigenvalue weighted by Gasteiger charge is 2.27. The average Bonchev–Trinajstić information content (AvgIpc) is 3.89. The van der Waals surface area contributed by atoms with Gasteiger partial charge in [0.05, 0.1) is 33.3 Å². The molecule has 376 valence electrons. The summed E-state index contributed by atoms with van der Waals surface area (Å²) in [4.78, 5) is 10.5. The van der Waals surface area contributed by atoms with Crippen molar-refractivity contribution in [2.45, 2.75) is 131 Å². The molecule has 1 N–H and O–H groups in total. The molecule has 74 heavy (non-hydrogen) atoms. The molecular weight excluding hydrogens is 908 g/mol. The zero-order chi connectivity index (χ0) is 53.0. The van der Waals surface area contributed by atoms with Gasteiger partial charge in [0.15, 0.2) is 0 Å². The van der Waals surface area contributed by atoms with E-state index >= 15 is 4.39 Å². The van der Waals surface area contributed by atoms with Crippen LogP contribution in [0, 0.1) is 5.82 Å². The summed E-state index contributed by atoms with van der Waals surface area (Å²) < 4.78 is 19.8. The van der Waals surface area contributed by atoms with Gasteiger partial charge in [-0.05, 0) is 157 Å². The number of aromatic nitrogens is 4. The fraction of sp³-hybridized carbons (Fsp3) is 0.294. The van der Waals surface area contributed by atoms with Gasteiger partial charge in [-0.2, -0.15) is 0 Å². The second-order valence-electron chi connectivity index (χ2n) is 25.7. The van der Waals surface area contributed by atoms with E-state index in [1.165, 1.54) is 62.4 Å². The third-order valence-corrected chi connectivity index (χ3v) is 14.9. The van der Waals surface area contributed by atoms with Gasteiger partial charge in [-0.1, -0.05) is 165 Å². The molecule has 3 aromatic heterocycles. The summed E-state index contributed by atoms with van der Waals surface area (Å²) in [6, 6.07) is 50.9. The molecule has 3 heterocycles. The number of halogens is 1. The monoisotopic (exact) mass is 979 g/mol. The Labute approximate surface area is 437 Å². The molecule has 0 fully saturated rings. The Kier molecular flexibility index (Phi) is 12.0. The van der Waals surface area contributed by atoms with Crippen molar-refractivity contribution in [3.8, 4) is 62.0 Å². The van der Waals surface area contributed by atoms with Crippen molar-refractivity contribution in [1.82, 2.24) is 19.1 Å². The predicted molar refractivity (Wildman–Crippen MR) is 310 cm³/mol. The molecule has 0 atom stereocenters. The molecule has 6 heteroatoms. The van der Waals surface area contributed by atoms with Crippen LogP contribution in [0.1, 0.15) is 132 Å². The summed E-state index contributed by atoms with van der Waals surface area (Å²) in [6.07, 6.45) is 1.92. The fourth-order valence-electron chi connectivity index (χ4n) is 10.2. The Morgan fingerprint density at radius 1 is 0.405 bits per heavy atom. The van der Waals surface area contributed by atoms with Gasteiger partial charge in [-0.25, -0.2) is 9.37 Å². The van der Waals surface area contributed by atoms with Crippen LogP contribution in [-0.2, 0) is 27.1 Å². The highest BCUT2D eigenvalue weighted by atomic mass is 19.1. The molecule has 0 aliphatic heterocycles. The number of para-hydroxylation sites is 2. The number of hydrogen-bond donors (Lipinski definition) is 1. The van der Waals surface area contributed by atoms with Crippen LogP contribution in [0.3, 0.4) is 0 Å². The molecule has 0 aliphatic carbocycles. The highest BCUT2D eigenvalue weighted by molar-refractivity contribution is 6.10. The van der Waals surface area contributed by atoms with Crippen LogP contribution < -0.4 is 0 Å². The van der Waals surface area contributed by atoms with Crippen LogP contribution in [0.2, 0.25) is 0 Å². The van der Waals surface area contributed by atoms with E-state index < -0.39 is 5.82 Å². The van der Waals surface area contributed by atoms with Crippen LogP contribution in [0.15, 0.2) is 152 Å². The largest absolute Gasteiger partial charge is 0.507 e. The van der Waals surface area contributed by atoms with Crippen molar-refractivity contribution in [3.05, 3.63) is 185 Å². The first-order valence-electron chi connectivity index (χ1n) is 26.1. The van der Waals surface area contributed by atoms with Gasteiger partial charge < -0.3 is 9.67 Å². The lowest BCUT2D eigenvalue weighted by Gasteiger charge is -2.27. The molecule has 7 aromatic carbocycles. The van der Waals surface area contributed by atoms with Crippen LogP contribution in [0.5, 0.6) is 5.75 Å². The van der Waals surface area contributed by atoms with Gasteiger partial charge in [-0.3, -0.25) is 9.55 Å². The first-order valence-corrected chi connectivity index (χ1v) is 26.1. The molecule has 10 rings (SSSR count). The molecule has 0 amide bonds. The molecule has 0 unspecified atom stereocenters. The van der Waals surface area contributed by atoms with Crippen molar-refractivity contribution in [2.75, 3.05) is 0 Å². The SMILES string of the molecule is CC(C)(C)c1cc(-c2cc(-c3ccc4c5ccccc5n(-c5cc(C(C)(C)C)cc(C(C)(C)C)c5)c4c3)ccn2)cc(-c2cccc3c2nc(-c2cc(F)ccc2O)n3-c2cc(C(C)(C)C)cc(C(C)(C)C)c2)c1. The molecule has 0 radical (unpaired) electrons. The molecule has 0 saturated carbocycles. The molecule has 0 aliphatic rings. The second kappa shape index (κ2) is 17.7. The van der Waals surface area contributed by atoms with E-state index in [1.54, 1.807) is 0 Å². The number of nitrogens with zero attached hydrogens (tertiary/aromatic N) is 4. The molecule has 0 spiro atoms. The third-order valence-electron chi connectivity index (χ3n) is 14.9. The van der Waals surface area contributed by atoms with E-state index in [0.717, 1.165) is 61.3 Å². The fourth-order valence-corrected chi connectivity index (χ4v) is 10.2. The maximum absolute atomic E-state index is 15.2. The van der Waals surface area contributed by atoms with Gasteiger partial charge in [0.1, 0.15) is 17.4 Å². The minimum atomic E-state index is -0.449. The standard InChI is InChI=1S/C68H71FN4O/c1-64(2,3)45-30-43(53-20-18-22-59-62(53)71-63(56-40-50(69)24-26-61(56)74)73(59)52-38-48(67(10,11)12)35-49(39-52)68(13,14)15)29-44(31-45)57-32-42(27-28-70-57)41-23-25-55-54-19-16-17-21-58(54)72(60(55)33-41)51-36-46(65(4,5)6)34-47(37-51)66(7,8)9/h16-40,74H,1-15H3. The number of phenols is 1. The lowest BCUT2D eigenvalue weighted by molar-refractivity contribution is 0.474. The molecule has 0 saturated heterocycles. The van der Waals surface area contributed by atoms with Crippen molar-refractivity contribution in [1.29, 1.82) is 0 Å². The Morgan fingerprint density at radius 3 is 1.54 bits per heavy atom. The van der Waals surface area contributed by atoms with Gasteiger partial charge in [0.25, 0.3) is 0 Å². The Bertz CT molecular complexity index is 3770. The topological polar surface area (TPSA) is 55.9 Å². The van der Waals surface area contributed by atoms with E-state index in [1.807, 2.05) is 6.20 Å². The van der Waals surface area contributed by atoms with E-state index in [-0.39, 0.29) is 32.8 Å². The Morgan fingerprint density at radius 2 is 0.932 bits per heavy atom. The summed E-state index contributed by atoms with van der Waals surface area (Å²) in [6.45, 7) is 33.8. The van der Waals surface area contributed by atoms with Crippen LogP contribution in [0.25, 0.3) is 89.1 Å². The number of imidazole rings is 1. The number of rotatable bonds is 6. The average molecular weight is 979 g/mol. The molecular formula is C68H71FN4O. The third kappa shape index (κ3) is 9.33. The van der Waals surface area contributed by atoms with Crippen LogP contribution in [-0.4, -0.2) is 24.2 Å². The minimum Gasteiger partial charge on any atom is -0.507 e. The lowest BCUT2D eigenvalue weighted by atomic mass is 9.80. The number of fused-ring (bicyclic) bond motifs is 4. The zero-order valence-electron chi connectivity index (χ0n) is 46.0. The summed E-state index contributed by atoms with van der Waals surface area (Å²) in [7, 11) is 0. The number of phenolic OH excluding ortho intramolecular Hbond substituents is 1. The quantitative estimate of drug-likeness (QED) is 0.181. The molecule has 0 bridgehead atoms. The maximum atomic E-state index is 15.2. The number of aromatic hydroxyl groups is 1. The van der Waals surface area contributed by atoms with Gasteiger partial charge >= 0.3 is 0 Å². The molecule has 10 aromatic rings. The summed E-state index contributed by atoms with van der Waals surface area (Å²) in [5, 5.41) is 13.9. The van der Waals surface area contributed by atoms with Crippen LogP contribution in [0.4, 0.5) is 4.39 Å². The number of benzene rings is 7. The smallest absolute Gasteiger partial charge is 0.149 e. The summed E-state index contributed by atoms with van der Waals surface area (Å²) in [5.41, 5.74) is 17.8. The number of hydrogen-bond acceptors (Lipinski definition) is 3. The van der Waals surface area contributed by atoms with E-state index in [4.69, 9.17) is 9.97 Å². The van der Waals surface area contributed by atoms with Gasteiger partial charge in [0, 0.05) is 39.5 Å². The first-order chi connectivity index (χ1) is 34.6. The number of pyridine rings is 1. The van der Waals surface area contributed by atoms with Crippen LogP contribution >= 0.6 is 0 Å². The summed E-state index contributed by atoms with van der Waals surface area (Å²) >= 11 is 0. The van der Waals surface area contributed by atoms with Gasteiger partial charge in [-0.15, -0.1) is 0 Å². The Balaban J connectivity index is 1.16. The maximum Gasteiger partial charge on any atom is 0.149 e. The van der Waals surface area contributed by atoms with E-state index in [2.05, 4.69) is 240 Å². The molecule has 5 nitrogen and oxygen atoms in total. The van der Waals surface area contributed by atoms with E-state index in [0.29, 0.717) is 11.4 Å². The highest BCUT2D eigenvalue weighted by Crippen LogP contribution is 2.43. The van der Waals surface area contributed by atoms with Crippen molar-refractivity contribution in [3.63, 3.8) is 0 Å². The predicted octanol–water partition coefficient (Wildman–Crippen LogP) is 18.5. The summed E-state index contributed by atoms with van der Waals surface area (Å²) in [5.74, 6) is -0.0272. The van der Waals surface area contributed by atoms with Crippen molar-refractivity contribution < 1.29 is 9.50 Å². The van der Waals surface area contributed by atoms with Crippen molar-refractivity contribution in [2.24, 2.45) is 0 Å². The Hall–Kier alpha value is -7.31. The zero-order valence-corrected chi connectivity index (χ0v) is 46.0. The lowest BCUT2D eigenvalue weighted by Crippen LogP contribution is -2.17.